The van der Waals surface area contributed by atoms with Gasteiger partial charge in [-0.1, -0.05) is 23.7 Å². The number of likely N-dealkylation sites (tertiary alicyclic amines) is 1. The van der Waals surface area contributed by atoms with Gasteiger partial charge in [-0.25, -0.2) is 0 Å². The molecule has 10 heteroatoms. The van der Waals surface area contributed by atoms with Gasteiger partial charge in [0.05, 0.1) is 12.0 Å². The maximum absolute atomic E-state index is 12.8. The summed E-state index contributed by atoms with van der Waals surface area (Å²) in [5, 5.41) is 0.267. The molecule has 0 atom stereocenters. The van der Waals surface area contributed by atoms with Crippen LogP contribution in [0.25, 0.3) is 6.08 Å². The van der Waals surface area contributed by atoms with Gasteiger partial charge in [-0.05, 0) is 111 Å². The van der Waals surface area contributed by atoms with Crippen molar-refractivity contribution in [2.24, 2.45) is 0 Å². The molecule has 0 unspecified atom stereocenters. The number of hydrogen-bond donors (Lipinski definition) is 0. The van der Waals surface area contributed by atoms with E-state index in [4.69, 9.17) is 16.3 Å². The molecule has 0 spiro atoms. The third-order valence-corrected chi connectivity index (χ3v) is 8.00. The number of imide groups is 1. The Bertz CT molecular complexity index is 1110. The van der Waals surface area contributed by atoms with E-state index in [2.05, 4.69) is 45.2 Å². The second kappa shape index (κ2) is 11.0. The summed E-state index contributed by atoms with van der Waals surface area (Å²) in [6.45, 7) is 1.59. The molecular formula is C23H19ClI2N2O4S. The number of halogens is 3. The third-order valence-electron chi connectivity index (χ3n) is 5.24. The zero-order chi connectivity index (χ0) is 23.5. The summed E-state index contributed by atoms with van der Waals surface area (Å²) in [4.78, 5) is 40.6. The maximum Gasteiger partial charge on any atom is 0.294 e. The number of benzene rings is 2. The average molecular weight is 709 g/mol. The topological polar surface area (TPSA) is 66.9 Å². The van der Waals surface area contributed by atoms with Gasteiger partial charge in [0.25, 0.3) is 11.1 Å². The van der Waals surface area contributed by atoms with Crippen molar-refractivity contribution >= 4 is 91.7 Å². The van der Waals surface area contributed by atoms with Crippen LogP contribution in [0.15, 0.2) is 41.3 Å². The van der Waals surface area contributed by atoms with Crippen LogP contribution in [0.2, 0.25) is 5.02 Å². The fourth-order valence-corrected chi connectivity index (χ4v) is 6.62. The summed E-state index contributed by atoms with van der Waals surface area (Å²) < 4.78 is 7.79. The summed E-state index contributed by atoms with van der Waals surface area (Å²) >= 11 is 11.2. The van der Waals surface area contributed by atoms with Crippen LogP contribution in [-0.4, -0.2) is 46.5 Å². The van der Waals surface area contributed by atoms with Crippen molar-refractivity contribution in [2.75, 3.05) is 19.6 Å². The molecule has 0 saturated carbocycles. The lowest BCUT2D eigenvalue weighted by atomic mass is 10.2. The molecule has 33 heavy (non-hydrogen) atoms. The lowest BCUT2D eigenvalue weighted by molar-refractivity contribution is -0.135. The van der Waals surface area contributed by atoms with Crippen LogP contribution in [0.4, 0.5) is 4.79 Å². The van der Waals surface area contributed by atoms with Crippen LogP contribution in [0, 0.1) is 7.14 Å². The first-order valence-corrected chi connectivity index (χ1v) is 13.6. The maximum atomic E-state index is 12.8. The van der Waals surface area contributed by atoms with Crippen molar-refractivity contribution in [3.63, 3.8) is 0 Å². The monoisotopic (exact) mass is 708 g/mol. The van der Waals surface area contributed by atoms with E-state index >= 15 is 0 Å². The normalized spacial score (nSPS) is 17.4. The molecule has 2 heterocycles. The van der Waals surface area contributed by atoms with E-state index in [0.29, 0.717) is 29.6 Å². The SMILES string of the molecule is O=C(CN1C(=O)S/C(=C/c2cc(I)c(OCc3ccc(Cl)cc3)c(I)c2)C1=O)N1CCCC1. The summed E-state index contributed by atoms with van der Waals surface area (Å²) in [6.07, 6.45) is 3.62. The third kappa shape index (κ3) is 6.04. The van der Waals surface area contributed by atoms with E-state index in [1.807, 2.05) is 36.4 Å². The molecule has 2 aromatic rings. The number of carbonyl (C=O) groups is 3. The number of ether oxygens (including phenoxy) is 1. The molecule has 0 radical (unpaired) electrons. The van der Waals surface area contributed by atoms with Gasteiger partial charge in [0.1, 0.15) is 18.9 Å². The molecule has 2 aliphatic heterocycles. The van der Waals surface area contributed by atoms with Crippen molar-refractivity contribution in [1.82, 2.24) is 9.80 Å². The summed E-state index contributed by atoms with van der Waals surface area (Å²) in [7, 11) is 0. The zero-order valence-corrected chi connectivity index (χ0v) is 23.2. The Morgan fingerprint density at radius 3 is 2.36 bits per heavy atom. The fraction of sp³-hybridized carbons (Fsp3) is 0.261. The Labute approximate surface area is 228 Å². The Morgan fingerprint density at radius 2 is 1.73 bits per heavy atom. The lowest BCUT2D eigenvalue weighted by Crippen LogP contribution is -2.40. The minimum absolute atomic E-state index is 0.178. The van der Waals surface area contributed by atoms with Crippen LogP contribution in [-0.2, 0) is 16.2 Å². The van der Waals surface area contributed by atoms with Crippen LogP contribution >= 0.6 is 68.5 Å². The Kier molecular flexibility index (Phi) is 8.24. The van der Waals surface area contributed by atoms with Crippen LogP contribution < -0.4 is 4.74 Å². The summed E-state index contributed by atoms with van der Waals surface area (Å²) in [5.74, 6) is 0.153. The average Bonchev–Trinajstić information content (AvgIpc) is 3.39. The molecule has 2 fully saturated rings. The predicted octanol–water partition coefficient (Wildman–Crippen LogP) is 5.79. The molecule has 172 valence electrons. The highest BCUT2D eigenvalue weighted by Crippen LogP contribution is 2.35. The minimum Gasteiger partial charge on any atom is -0.487 e. The second-order valence-electron chi connectivity index (χ2n) is 7.58. The van der Waals surface area contributed by atoms with E-state index in [1.54, 1.807) is 11.0 Å². The molecule has 0 aliphatic carbocycles. The Morgan fingerprint density at radius 1 is 1.09 bits per heavy atom. The first kappa shape index (κ1) is 24.8. The van der Waals surface area contributed by atoms with Crippen LogP contribution in [0.1, 0.15) is 24.0 Å². The molecule has 0 aromatic heterocycles. The molecule has 2 aliphatic rings. The number of carbonyl (C=O) groups excluding carboxylic acids is 3. The first-order valence-electron chi connectivity index (χ1n) is 10.2. The summed E-state index contributed by atoms with van der Waals surface area (Å²) in [6, 6.07) is 11.3. The standard InChI is InChI=1S/C23H19ClI2N2O4S/c24-16-5-3-14(4-6-16)13-32-21-17(25)9-15(10-18(21)26)11-19-22(30)28(23(31)33-19)12-20(29)27-7-1-2-8-27/h3-6,9-11H,1-2,7-8,12-13H2/b19-11+. The molecule has 2 aromatic carbocycles. The van der Waals surface area contributed by atoms with E-state index in [1.165, 1.54) is 0 Å². The van der Waals surface area contributed by atoms with Crippen LogP contribution in [0.5, 0.6) is 5.75 Å². The van der Waals surface area contributed by atoms with Gasteiger partial charge in [-0.2, -0.15) is 0 Å². The van der Waals surface area contributed by atoms with E-state index in [-0.39, 0.29) is 12.5 Å². The molecule has 4 rings (SSSR count). The van der Waals surface area contributed by atoms with Gasteiger partial charge in [-0.15, -0.1) is 0 Å². The zero-order valence-electron chi connectivity index (χ0n) is 17.4. The van der Waals surface area contributed by atoms with E-state index in [0.717, 1.165) is 53.5 Å². The Hall–Kier alpha value is -1.31. The smallest absolute Gasteiger partial charge is 0.294 e. The number of amides is 3. The molecule has 0 bridgehead atoms. The highest BCUT2D eigenvalue weighted by atomic mass is 127. The molecular weight excluding hydrogens is 690 g/mol. The van der Waals surface area contributed by atoms with Gasteiger partial charge in [0.2, 0.25) is 5.91 Å². The van der Waals surface area contributed by atoms with Gasteiger partial charge < -0.3 is 9.64 Å². The number of rotatable bonds is 6. The highest BCUT2D eigenvalue weighted by molar-refractivity contribution is 14.1. The lowest BCUT2D eigenvalue weighted by Gasteiger charge is -2.18. The quantitative estimate of drug-likeness (QED) is 0.281. The van der Waals surface area contributed by atoms with Crippen molar-refractivity contribution in [3.05, 3.63) is 64.6 Å². The Balaban J connectivity index is 1.45. The van der Waals surface area contributed by atoms with Crippen molar-refractivity contribution in [2.45, 2.75) is 19.4 Å². The van der Waals surface area contributed by atoms with Crippen molar-refractivity contribution in [1.29, 1.82) is 0 Å². The van der Waals surface area contributed by atoms with Gasteiger partial charge in [-0.3, -0.25) is 19.3 Å². The minimum atomic E-state index is -0.425. The molecule has 0 N–H and O–H groups in total. The summed E-state index contributed by atoms with van der Waals surface area (Å²) in [5.41, 5.74) is 1.80. The van der Waals surface area contributed by atoms with E-state index < -0.39 is 11.1 Å². The largest absolute Gasteiger partial charge is 0.487 e. The van der Waals surface area contributed by atoms with Crippen LogP contribution in [0.3, 0.4) is 0 Å². The van der Waals surface area contributed by atoms with Gasteiger partial charge in [0.15, 0.2) is 0 Å². The van der Waals surface area contributed by atoms with E-state index in [9.17, 15) is 14.4 Å². The molecule has 6 nitrogen and oxygen atoms in total. The molecule has 3 amide bonds. The van der Waals surface area contributed by atoms with Crippen molar-refractivity contribution < 1.29 is 19.1 Å². The fourth-order valence-electron chi connectivity index (χ4n) is 3.53. The van der Waals surface area contributed by atoms with Gasteiger partial charge >= 0.3 is 0 Å². The first-order chi connectivity index (χ1) is 15.8. The highest BCUT2D eigenvalue weighted by Gasteiger charge is 2.37. The van der Waals surface area contributed by atoms with Gasteiger partial charge in [0, 0.05) is 18.1 Å². The number of hydrogen-bond acceptors (Lipinski definition) is 5. The second-order valence-corrected chi connectivity index (χ2v) is 11.3. The number of nitrogens with zero attached hydrogens (tertiary/aromatic N) is 2. The predicted molar refractivity (Wildman–Crippen MR) is 146 cm³/mol. The van der Waals surface area contributed by atoms with Crippen molar-refractivity contribution in [3.8, 4) is 5.75 Å². The molecule has 2 saturated heterocycles. The number of thioether (sulfide) groups is 1.